The number of nitrogens with zero attached hydrogens (tertiary/aromatic N) is 2. The number of rotatable bonds is 8. The molecule has 0 atom stereocenters. The van der Waals surface area contributed by atoms with E-state index in [0.717, 1.165) is 37.3 Å². The molecule has 0 saturated heterocycles. The number of pyridine rings is 1. The van der Waals surface area contributed by atoms with Gasteiger partial charge in [-0.3, -0.25) is 4.79 Å². The van der Waals surface area contributed by atoms with Crippen LogP contribution in [0.15, 0.2) is 30.7 Å². The lowest BCUT2D eigenvalue weighted by Crippen LogP contribution is -2.25. The zero-order chi connectivity index (χ0) is 14.9. The van der Waals surface area contributed by atoms with E-state index in [2.05, 4.69) is 32.5 Å². The maximum atomic E-state index is 11.9. The molecule has 2 rings (SSSR count). The van der Waals surface area contributed by atoms with Crippen molar-refractivity contribution < 1.29 is 4.79 Å². The van der Waals surface area contributed by atoms with Gasteiger partial charge in [-0.05, 0) is 25.0 Å². The first kappa shape index (κ1) is 15.0. The number of nitrogens with one attached hydrogen (secondary N) is 3. The molecule has 0 bridgehead atoms. The van der Waals surface area contributed by atoms with Crippen LogP contribution in [0.3, 0.4) is 0 Å². The van der Waals surface area contributed by atoms with E-state index in [-0.39, 0.29) is 5.91 Å². The summed E-state index contributed by atoms with van der Waals surface area (Å²) in [5, 5.41) is 6.08. The zero-order valence-electron chi connectivity index (χ0n) is 12.2. The Morgan fingerprint density at radius 1 is 1.29 bits per heavy atom. The molecule has 0 aromatic carbocycles. The van der Waals surface area contributed by atoms with E-state index in [1.54, 1.807) is 24.7 Å². The molecule has 6 heteroatoms. The molecule has 0 fully saturated rings. The van der Waals surface area contributed by atoms with E-state index < -0.39 is 0 Å². The van der Waals surface area contributed by atoms with Gasteiger partial charge in [-0.15, -0.1) is 0 Å². The minimum Gasteiger partial charge on any atom is -0.384 e. The number of hydrogen-bond donors (Lipinski definition) is 3. The molecule has 0 radical (unpaired) electrons. The van der Waals surface area contributed by atoms with Gasteiger partial charge in [0.05, 0.1) is 11.9 Å². The van der Waals surface area contributed by atoms with Crippen molar-refractivity contribution in [3.05, 3.63) is 42.2 Å². The number of amides is 1. The molecule has 1 amide bonds. The number of aromatic amines is 1. The van der Waals surface area contributed by atoms with Gasteiger partial charge in [0.15, 0.2) is 0 Å². The quantitative estimate of drug-likeness (QED) is 0.648. The molecule has 0 aliphatic carbocycles. The first-order chi connectivity index (χ1) is 10.3. The van der Waals surface area contributed by atoms with Gasteiger partial charge < -0.3 is 15.6 Å². The van der Waals surface area contributed by atoms with Crippen LogP contribution in [0.5, 0.6) is 0 Å². The van der Waals surface area contributed by atoms with Crippen molar-refractivity contribution in [2.75, 3.05) is 18.4 Å². The molecule has 21 heavy (non-hydrogen) atoms. The number of anilines is 1. The molecule has 112 valence electrons. The van der Waals surface area contributed by atoms with E-state index in [0.29, 0.717) is 12.2 Å². The summed E-state index contributed by atoms with van der Waals surface area (Å²) in [5.74, 6) is 0.796. The summed E-state index contributed by atoms with van der Waals surface area (Å²) in [6.07, 6.45) is 7.93. The molecule has 2 heterocycles. The maximum Gasteiger partial charge on any atom is 0.269 e. The Kier molecular flexibility index (Phi) is 5.75. The molecule has 3 N–H and O–H groups in total. The van der Waals surface area contributed by atoms with E-state index in [9.17, 15) is 4.79 Å². The van der Waals surface area contributed by atoms with Crippen molar-refractivity contribution >= 4 is 11.6 Å². The van der Waals surface area contributed by atoms with Gasteiger partial charge in [0.1, 0.15) is 11.5 Å². The average Bonchev–Trinajstić information content (AvgIpc) is 3.03. The second-order valence-electron chi connectivity index (χ2n) is 4.75. The first-order valence-electron chi connectivity index (χ1n) is 7.26. The largest absolute Gasteiger partial charge is 0.384 e. The van der Waals surface area contributed by atoms with Gasteiger partial charge in [0.25, 0.3) is 5.91 Å². The molecule has 0 unspecified atom stereocenters. The van der Waals surface area contributed by atoms with E-state index in [1.807, 2.05) is 6.07 Å². The smallest absolute Gasteiger partial charge is 0.269 e. The van der Waals surface area contributed by atoms with Gasteiger partial charge in [-0.1, -0.05) is 6.92 Å². The van der Waals surface area contributed by atoms with Crippen LogP contribution in [0, 0.1) is 0 Å². The Labute approximate surface area is 124 Å². The highest BCUT2D eigenvalue weighted by molar-refractivity contribution is 5.92. The molecule has 0 saturated carbocycles. The maximum absolute atomic E-state index is 11.9. The minimum atomic E-state index is -0.142. The van der Waals surface area contributed by atoms with Crippen molar-refractivity contribution in [3.63, 3.8) is 0 Å². The van der Waals surface area contributed by atoms with Gasteiger partial charge in [-0.25, -0.2) is 9.97 Å². The van der Waals surface area contributed by atoms with E-state index in [4.69, 9.17) is 0 Å². The number of carbonyl (C=O) groups excluding carboxylic acids is 1. The standard InChI is InChI=1S/C15H21N5O/c1-2-7-16-12-5-6-13(20-11-12)15(21)19-8-3-4-14-17-9-10-18-14/h5-6,9-11,16H,2-4,7-8H2,1H3,(H,17,18)(H,19,21). The molecule has 2 aromatic heterocycles. The van der Waals surface area contributed by atoms with Crippen LogP contribution < -0.4 is 10.6 Å². The predicted molar refractivity (Wildman–Crippen MR) is 82.3 cm³/mol. The SMILES string of the molecule is CCCNc1ccc(C(=O)NCCCc2ncc[nH]2)nc1. The fourth-order valence-electron chi connectivity index (χ4n) is 1.89. The number of H-pyrrole nitrogens is 1. The van der Waals surface area contributed by atoms with Crippen LogP contribution in [0.1, 0.15) is 36.1 Å². The van der Waals surface area contributed by atoms with Crippen LogP contribution in [0.4, 0.5) is 5.69 Å². The number of imidazole rings is 1. The van der Waals surface area contributed by atoms with Crippen molar-refractivity contribution in [2.24, 2.45) is 0 Å². The van der Waals surface area contributed by atoms with Crippen molar-refractivity contribution in [2.45, 2.75) is 26.2 Å². The van der Waals surface area contributed by atoms with Gasteiger partial charge in [-0.2, -0.15) is 0 Å². The summed E-state index contributed by atoms with van der Waals surface area (Å²) in [5.41, 5.74) is 1.38. The highest BCUT2D eigenvalue weighted by Gasteiger charge is 2.06. The van der Waals surface area contributed by atoms with Crippen LogP contribution in [-0.4, -0.2) is 33.9 Å². The molecule has 6 nitrogen and oxygen atoms in total. The van der Waals surface area contributed by atoms with E-state index >= 15 is 0 Å². The summed E-state index contributed by atoms with van der Waals surface area (Å²) in [6, 6.07) is 3.61. The molecule has 2 aromatic rings. The topological polar surface area (TPSA) is 82.7 Å². The summed E-state index contributed by atoms with van der Waals surface area (Å²) >= 11 is 0. The second kappa shape index (κ2) is 8.04. The monoisotopic (exact) mass is 287 g/mol. The van der Waals surface area contributed by atoms with E-state index in [1.165, 1.54) is 0 Å². The predicted octanol–water partition coefficient (Wildman–Crippen LogP) is 1.99. The third kappa shape index (κ3) is 4.91. The Hall–Kier alpha value is -2.37. The Bertz CT molecular complexity index is 536. The molecule has 0 spiro atoms. The fraction of sp³-hybridized carbons (Fsp3) is 0.400. The first-order valence-corrected chi connectivity index (χ1v) is 7.26. The molecular formula is C15H21N5O. The Balaban J connectivity index is 1.72. The highest BCUT2D eigenvalue weighted by atomic mass is 16.1. The normalized spacial score (nSPS) is 10.3. The van der Waals surface area contributed by atoms with Crippen LogP contribution in [0.25, 0.3) is 0 Å². The minimum absolute atomic E-state index is 0.142. The van der Waals surface area contributed by atoms with Crippen molar-refractivity contribution in [3.8, 4) is 0 Å². The van der Waals surface area contributed by atoms with Crippen LogP contribution >= 0.6 is 0 Å². The van der Waals surface area contributed by atoms with Crippen LogP contribution in [-0.2, 0) is 6.42 Å². The summed E-state index contributed by atoms with van der Waals surface area (Å²) < 4.78 is 0. The summed E-state index contributed by atoms with van der Waals surface area (Å²) in [6.45, 7) is 3.61. The molecule has 0 aliphatic heterocycles. The number of aryl methyl sites for hydroxylation is 1. The zero-order valence-corrected chi connectivity index (χ0v) is 12.2. The van der Waals surface area contributed by atoms with Gasteiger partial charge in [0, 0.05) is 31.9 Å². The van der Waals surface area contributed by atoms with Crippen molar-refractivity contribution in [1.29, 1.82) is 0 Å². The average molecular weight is 287 g/mol. The lowest BCUT2D eigenvalue weighted by atomic mass is 10.2. The fourth-order valence-corrected chi connectivity index (χ4v) is 1.89. The third-order valence-electron chi connectivity index (χ3n) is 3.01. The second-order valence-corrected chi connectivity index (χ2v) is 4.75. The summed E-state index contributed by atoms with van der Waals surface area (Å²) in [4.78, 5) is 23.3. The summed E-state index contributed by atoms with van der Waals surface area (Å²) in [7, 11) is 0. The number of hydrogen-bond acceptors (Lipinski definition) is 4. The lowest BCUT2D eigenvalue weighted by molar-refractivity contribution is 0.0948. The molecular weight excluding hydrogens is 266 g/mol. The number of carbonyl (C=O) groups is 1. The molecule has 0 aliphatic rings. The third-order valence-corrected chi connectivity index (χ3v) is 3.01. The highest BCUT2D eigenvalue weighted by Crippen LogP contribution is 2.06. The van der Waals surface area contributed by atoms with Crippen molar-refractivity contribution in [1.82, 2.24) is 20.3 Å². The van der Waals surface area contributed by atoms with Crippen LogP contribution in [0.2, 0.25) is 0 Å². The number of aromatic nitrogens is 3. The lowest BCUT2D eigenvalue weighted by Gasteiger charge is -2.06. The van der Waals surface area contributed by atoms with Gasteiger partial charge in [0.2, 0.25) is 0 Å². The Morgan fingerprint density at radius 2 is 2.19 bits per heavy atom. The van der Waals surface area contributed by atoms with Gasteiger partial charge >= 0.3 is 0 Å². The Morgan fingerprint density at radius 3 is 2.86 bits per heavy atom.